The van der Waals surface area contributed by atoms with Gasteiger partial charge in [0.25, 0.3) is 12.3 Å². The third-order valence-corrected chi connectivity index (χ3v) is 7.93. The topological polar surface area (TPSA) is 109 Å². The minimum Gasteiger partial charge on any atom is -0.494 e. The summed E-state index contributed by atoms with van der Waals surface area (Å²) in [5, 5.41) is 6.98. The van der Waals surface area contributed by atoms with Gasteiger partial charge in [0, 0.05) is 35.7 Å². The van der Waals surface area contributed by atoms with Crippen molar-refractivity contribution in [2.24, 2.45) is 22.9 Å². The number of thioether (sulfide) groups is 1. The standard InChI is InChI=1S/C26H24F2N6O3S/c1-37-20-11-29-19(23(27)28)8-17(20)16-9-21(34-12-14-6-15(7-14)25(34)36)30-10-18(16)24(35)31-26-33-32-22(38-26)5-4-13-2-3-13/h8-11,13-15,22-23,32H,2-3,6-7,12H2,1H3,(H,31,33,35). The van der Waals surface area contributed by atoms with E-state index in [2.05, 4.69) is 37.7 Å². The first-order valence-corrected chi connectivity index (χ1v) is 13.2. The molecule has 4 fully saturated rings. The second-order valence-electron chi connectivity index (χ2n) is 9.74. The van der Waals surface area contributed by atoms with Gasteiger partial charge in [-0.3, -0.25) is 30.2 Å². The summed E-state index contributed by atoms with van der Waals surface area (Å²) in [7, 11) is 1.39. The van der Waals surface area contributed by atoms with Crippen LogP contribution in [-0.4, -0.2) is 46.0 Å². The van der Waals surface area contributed by atoms with E-state index in [1.54, 1.807) is 11.0 Å². The van der Waals surface area contributed by atoms with Crippen LogP contribution in [0.4, 0.5) is 14.6 Å². The summed E-state index contributed by atoms with van der Waals surface area (Å²) in [6, 6.07) is 2.78. The lowest BCUT2D eigenvalue weighted by Gasteiger charge is -2.45. The van der Waals surface area contributed by atoms with Gasteiger partial charge < -0.3 is 4.74 Å². The van der Waals surface area contributed by atoms with Crippen molar-refractivity contribution < 1.29 is 23.1 Å². The number of ether oxygens (including phenoxy) is 1. The molecule has 2 bridgehead atoms. The molecule has 196 valence electrons. The number of carbonyl (C=O) groups is 2. The molecule has 12 heteroatoms. The van der Waals surface area contributed by atoms with Crippen molar-refractivity contribution in [3.05, 3.63) is 35.8 Å². The number of methoxy groups -OCH3 is 1. The maximum absolute atomic E-state index is 13.6. The Kier molecular flexibility index (Phi) is 6.39. The van der Waals surface area contributed by atoms with E-state index in [9.17, 15) is 18.4 Å². The van der Waals surface area contributed by atoms with E-state index in [0.717, 1.165) is 25.7 Å². The number of anilines is 1. The number of nitrogens with zero attached hydrogens (tertiary/aromatic N) is 4. The van der Waals surface area contributed by atoms with Crippen LogP contribution >= 0.6 is 11.8 Å². The van der Waals surface area contributed by atoms with Gasteiger partial charge in [0.1, 0.15) is 17.3 Å². The number of hydrogen-bond donors (Lipinski definition) is 2. The number of hydrazone groups is 1. The van der Waals surface area contributed by atoms with Crippen LogP contribution in [0.2, 0.25) is 0 Å². The predicted octanol–water partition coefficient (Wildman–Crippen LogP) is 3.54. The first-order chi connectivity index (χ1) is 18.4. The van der Waals surface area contributed by atoms with E-state index >= 15 is 0 Å². The molecule has 1 atom stereocenters. The Morgan fingerprint density at radius 3 is 2.74 bits per heavy atom. The molecule has 2 amide bonds. The summed E-state index contributed by atoms with van der Waals surface area (Å²) < 4.78 is 32.5. The smallest absolute Gasteiger partial charge is 0.280 e. The Bertz CT molecular complexity index is 1400. The van der Waals surface area contributed by atoms with E-state index < -0.39 is 18.0 Å². The SMILES string of the molecule is COc1cnc(C(F)F)cc1-c1cc(N2CC3CC(C3)C2=O)ncc1C(=O)NC1=NNC(C#CC2CC2)S1. The molecule has 9 nitrogen and oxygen atoms in total. The molecule has 0 spiro atoms. The average molecular weight is 539 g/mol. The van der Waals surface area contributed by atoms with Gasteiger partial charge in [-0.25, -0.2) is 13.8 Å². The molecule has 2 aromatic rings. The highest BCUT2D eigenvalue weighted by Gasteiger charge is 2.44. The number of piperidine rings is 2. The Labute approximate surface area is 221 Å². The van der Waals surface area contributed by atoms with Gasteiger partial charge in [-0.05, 0) is 55.5 Å². The van der Waals surface area contributed by atoms with Crippen LogP contribution in [0.25, 0.3) is 11.1 Å². The van der Waals surface area contributed by atoms with Crippen LogP contribution in [0.3, 0.4) is 0 Å². The molecule has 1 unspecified atom stereocenters. The maximum Gasteiger partial charge on any atom is 0.280 e. The summed E-state index contributed by atoms with van der Waals surface area (Å²) in [4.78, 5) is 36.1. The summed E-state index contributed by atoms with van der Waals surface area (Å²) in [6.45, 7) is 0.533. The number of amides is 2. The van der Waals surface area contributed by atoms with Gasteiger partial charge in [0.05, 0.1) is 18.9 Å². The molecule has 0 aromatic carbocycles. The molecule has 2 N–H and O–H groups in total. The van der Waals surface area contributed by atoms with Crippen molar-refractivity contribution in [2.45, 2.75) is 37.5 Å². The van der Waals surface area contributed by atoms with E-state index in [-0.39, 0.29) is 34.1 Å². The second kappa shape index (κ2) is 9.87. The van der Waals surface area contributed by atoms with Crippen LogP contribution < -0.4 is 20.4 Å². The lowest BCUT2D eigenvalue weighted by atomic mass is 9.70. The van der Waals surface area contributed by atoms with E-state index in [1.165, 1.54) is 37.3 Å². The van der Waals surface area contributed by atoms with Crippen LogP contribution in [0, 0.1) is 29.6 Å². The van der Waals surface area contributed by atoms with Crippen molar-refractivity contribution in [2.75, 3.05) is 18.6 Å². The molecular weight excluding hydrogens is 514 g/mol. The number of hydrogen-bond acceptors (Lipinski definition) is 8. The van der Waals surface area contributed by atoms with Gasteiger partial charge in [-0.2, -0.15) is 5.10 Å². The van der Waals surface area contributed by atoms with Crippen LogP contribution in [0.5, 0.6) is 5.75 Å². The maximum atomic E-state index is 13.6. The molecule has 2 saturated carbocycles. The number of pyridine rings is 2. The number of alkyl halides is 2. The summed E-state index contributed by atoms with van der Waals surface area (Å²) in [5.74, 6) is 7.11. The third kappa shape index (κ3) is 4.78. The van der Waals surface area contributed by atoms with Gasteiger partial charge in [-0.15, -0.1) is 0 Å². The predicted molar refractivity (Wildman–Crippen MR) is 137 cm³/mol. The quantitative estimate of drug-likeness (QED) is 0.561. The average Bonchev–Trinajstić information content (AvgIpc) is 3.63. The lowest BCUT2D eigenvalue weighted by Crippen LogP contribution is -2.53. The lowest BCUT2D eigenvalue weighted by molar-refractivity contribution is -0.130. The zero-order valence-corrected chi connectivity index (χ0v) is 21.2. The first kappa shape index (κ1) is 24.6. The number of fused-ring (bicyclic) bond motifs is 2. The van der Waals surface area contributed by atoms with Gasteiger partial charge in [-0.1, -0.05) is 11.8 Å². The van der Waals surface area contributed by atoms with Crippen molar-refractivity contribution >= 4 is 34.6 Å². The second-order valence-corrected chi connectivity index (χ2v) is 10.8. The molecule has 5 aliphatic rings. The molecule has 0 radical (unpaired) electrons. The fraction of sp³-hybridized carbons (Fsp3) is 0.423. The summed E-state index contributed by atoms with van der Waals surface area (Å²) in [5.41, 5.74) is 3.08. The van der Waals surface area contributed by atoms with Crippen LogP contribution in [0.15, 0.2) is 29.6 Å². The molecule has 38 heavy (non-hydrogen) atoms. The fourth-order valence-corrected chi connectivity index (χ4v) is 5.51. The minimum absolute atomic E-state index is 0.0146. The minimum atomic E-state index is -2.82. The number of aromatic nitrogens is 2. The molecule has 5 heterocycles. The summed E-state index contributed by atoms with van der Waals surface area (Å²) >= 11 is 1.28. The molecule has 2 saturated heterocycles. The van der Waals surface area contributed by atoms with Gasteiger partial charge in [0.2, 0.25) is 5.91 Å². The molecule has 3 aliphatic heterocycles. The van der Waals surface area contributed by atoms with E-state index in [4.69, 9.17) is 4.74 Å². The number of amidine groups is 1. The van der Waals surface area contributed by atoms with Gasteiger partial charge >= 0.3 is 0 Å². The van der Waals surface area contributed by atoms with Crippen LogP contribution in [0.1, 0.15) is 48.2 Å². The molecule has 7 rings (SSSR count). The van der Waals surface area contributed by atoms with Crippen molar-refractivity contribution in [3.63, 3.8) is 0 Å². The molecule has 2 aliphatic carbocycles. The Balaban J connectivity index is 1.33. The number of rotatable bonds is 5. The normalized spacial score (nSPS) is 23.7. The highest BCUT2D eigenvalue weighted by Crippen LogP contribution is 2.43. The highest BCUT2D eigenvalue weighted by molar-refractivity contribution is 8.14. The largest absolute Gasteiger partial charge is 0.494 e. The summed E-state index contributed by atoms with van der Waals surface area (Å²) in [6.07, 6.45) is 3.69. The molecular formula is C26H24F2N6O3S. The van der Waals surface area contributed by atoms with Crippen molar-refractivity contribution in [3.8, 4) is 28.7 Å². The van der Waals surface area contributed by atoms with Crippen molar-refractivity contribution in [1.29, 1.82) is 0 Å². The Morgan fingerprint density at radius 2 is 2.03 bits per heavy atom. The van der Waals surface area contributed by atoms with Crippen LogP contribution in [-0.2, 0) is 4.79 Å². The Morgan fingerprint density at radius 1 is 1.21 bits per heavy atom. The fourth-order valence-electron chi connectivity index (χ4n) is 4.79. The van der Waals surface area contributed by atoms with E-state index in [1.807, 2.05) is 0 Å². The highest BCUT2D eigenvalue weighted by atomic mass is 32.2. The zero-order chi connectivity index (χ0) is 26.4. The molecule has 2 aromatic heterocycles. The number of halogens is 2. The number of carbonyl (C=O) groups excluding carboxylic acids is 2. The monoisotopic (exact) mass is 538 g/mol. The van der Waals surface area contributed by atoms with E-state index in [0.29, 0.717) is 34.9 Å². The van der Waals surface area contributed by atoms with Crippen molar-refractivity contribution in [1.82, 2.24) is 20.7 Å². The zero-order valence-electron chi connectivity index (χ0n) is 20.4. The Hall–Kier alpha value is -3.72. The first-order valence-electron chi connectivity index (χ1n) is 12.4. The third-order valence-electron chi connectivity index (χ3n) is 7.05. The number of nitrogens with one attached hydrogen (secondary N) is 2. The van der Waals surface area contributed by atoms with Gasteiger partial charge in [0.15, 0.2) is 10.5 Å².